The Morgan fingerprint density at radius 1 is 1.15 bits per heavy atom. The Morgan fingerprint density at radius 2 is 1.75 bits per heavy atom. The molecule has 0 radical (unpaired) electrons. The van der Waals surface area contributed by atoms with Crippen LogP contribution in [-0.4, -0.2) is 63.7 Å². The standard InChI is InChI=1S/C14H23N3O2S/c1-15-12-14(13-6-4-3-5-7-13)16-8-10-17(11-9-16)20(2,18)19/h3-7,14-15H,8-12H2,1-2H3. The molecule has 6 heteroatoms. The van der Waals surface area contributed by atoms with Crippen LogP contribution in [0, 0.1) is 0 Å². The van der Waals surface area contributed by atoms with Gasteiger partial charge in [-0.3, -0.25) is 4.90 Å². The minimum atomic E-state index is -3.06. The van der Waals surface area contributed by atoms with Crippen molar-refractivity contribution >= 4 is 10.0 Å². The molecule has 1 saturated heterocycles. The van der Waals surface area contributed by atoms with Crippen molar-refractivity contribution in [2.45, 2.75) is 6.04 Å². The van der Waals surface area contributed by atoms with Crippen molar-refractivity contribution in [1.82, 2.24) is 14.5 Å². The van der Waals surface area contributed by atoms with Crippen LogP contribution in [0.5, 0.6) is 0 Å². The van der Waals surface area contributed by atoms with Crippen molar-refractivity contribution < 1.29 is 8.42 Å². The molecule has 1 aromatic rings. The Kier molecular flexibility index (Phi) is 5.15. The maximum atomic E-state index is 11.6. The van der Waals surface area contributed by atoms with Crippen LogP contribution >= 0.6 is 0 Å². The monoisotopic (exact) mass is 297 g/mol. The van der Waals surface area contributed by atoms with Gasteiger partial charge >= 0.3 is 0 Å². The Labute approximate surface area is 121 Å². The first-order valence-electron chi connectivity index (χ1n) is 6.91. The Hall–Kier alpha value is -0.950. The number of nitrogens with zero attached hydrogens (tertiary/aromatic N) is 2. The van der Waals surface area contributed by atoms with Crippen LogP contribution in [0.1, 0.15) is 11.6 Å². The highest BCUT2D eigenvalue weighted by molar-refractivity contribution is 7.88. The predicted octanol–water partition coefficient (Wildman–Crippen LogP) is 0.524. The van der Waals surface area contributed by atoms with E-state index in [4.69, 9.17) is 0 Å². The largest absolute Gasteiger partial charge is 0.318 e. The van der Waals surface area contributed by atoms with Gasteiger partial charge in [-0.15, -0.1) is 0 Å². The van der Waals surface area contributed by atoms with Crippen LogP contribution in [0.4, 0.5) is 0 Å². The van der Waals surface area contributed by atoms with Crippen LogP contribution in [0.3, 0.4) is 0 Å². The van der Waals surface area contributed by atoms with Gasteiger partial charge in [0.25, 0.3) is 0 Å². The Balaban J connectivity index is 2.06. The van der Waals surface area contributed by atoms with Crippen LogP contribution in [0.15, 0.2) is 30.3 Å². The second-order valence-electron chi connectivity index (χ2n) is 5.18. The zero-order valence-electron chi connectivity index (χ0n) is 12.1. The number of hydrogen-bond donors (Lipinski definition) is 1. The summed E-state index contributed by atoms with van der Waals surface area (Å²) in [5.74, 6) is 0. The molecule has 0 aliphatic carbocycles. The third-order valence-electron chi connectivity index (χ3n) is 3.76. The lowest BCUT2D eigenvalue weighted by atomic mass is 10.0. The number of rotatable bonds is 5. The molecule has 20 heavy (non-hydrogen) atoms. The highest BCUT2D eigenvalue weighted by Gasteiger charge is 2.27. The first kappa shape index (κ1) is 15.4. The molecule has 5 nitrogen and oxygen atoms in total. The molecule has 0 saturated carbocycles. The van der Waals surface area contributed by atoms with E-state index in [1.54, 1.807) is 4.31 Å². The number of benzene rings is 1. The van der Waals surface area contributed by atoms with Gasteiger partial charge < -0.3 is 5.32 Å². The molecule has 0 amide bonds. The lowest BCUT2D eigenvalue weighted by Crippen LogP contribution is -2.50. The second kappa shape index (κ2) is 6.67. The fraction of sp³-hybridized carbons (Fsp3) is 0.571. The molecule has 1 heterocycles. The summed E-state index contributed by atoms with van der Waals surface area (Å²) < 4.78 is 24.7. The van der Waals surface area contributed by atoms with Crippen molar-refractivity contribution in [2.24, 2.45) is 0 Å². The van der Waals surface area contributed by atoms with Crippen molar-refractivity contribution in [3.63, 3.8) is 0 Å². The van der Waals surface area contributed by atoms with Crippen molar-refractivity contribution in [3.8, 4) is 0 Å². The summed E-state index contributed by atoms with van der Waals surface area (Å²) >= 11 is 0. The number of hydrogen-bond acceptors (Lipinski definition) is 4. The van der Waals surface area contributed by atoms with E-state index >= 15 is 0 Å². The lowest BCUT2D eigenvalue weighted by Gasteiger charge is -2.38. The van der Waals surface area contributed by atoms with Gasteiger partial charge in [-0.2, -0.15) is 4.31 Å². The number of nitrogens with one attached hydrogen (secondary N) is 1. The quantitative estimate of drug-likeness (QED) is 0.861. The topological polar surface area (TPSA) is 52.6 Å². The maximum Gasteiger partial charge on any atom is 0.211 e. The van der Waals surface area contributed by atoms with Crippen molar-refractivity contribution in [3.05, 3.63) is 35.9 Å². The summed E-state index contributed by atoms with van der Waals surface area (Å²) in [6.45, 7) is 3.56. The van der Waals surface area contributed by atoms with Gasteiger partial charge in [-0.1, -0.05) is 30.3 Å². The number of piperazine rings is 1. The summed E-state index contributed by atoms with van der Waals surface area (Å²) in [4.78, 5) is 2.35. The summed E-state index contributed by atoms with van der Waals surface area (Å²) in [5.41, 5.74) is 1.27. The molecule has 2 rings (SSSR count). The van der Waals surface area contributed by atoms with E-state index in [0.717, 1.165) is 19.6 Å². The normalized spacial score (nSPS) is 19.9. The molecule has 1 fully saturated rings. The van der Waals surface area contributed by atoms with Crippen LogP contribution < -0.4 is 5.32 Å². The van der Waals surface area contributed by atoms with E-state index < -0.39 is 10.0 Å². The highest BCUT2D eigenvalue weighted by Crippen LogP contribution is 2.22. The molecule has 1 aliphatic heterocycles. The highest BCUT2D eigenvalue weighted by atomic mass is 32.2. The summed E-state index contributed by atoms with van der Waals surface area (Å²) in [6.07, 6.45) is 1.28. The van der Waals surface area contributed by atoms with Crippen LogP contribution in [0.2, 0.25) is 0 Å². The van der Waals surface area contributed by atoms with Gasteiger partial charge in [0.15, 0.2) is 0 Å². The van der Waals surface area contributed by atoms with Crippen molar-refractivity contribution in [1.29, 1.82) is 0 Å². The lowest BCUT2D eigenvalue weighted by molar-refractivity contribution is 0.136. The SMILES string of the molecule is CNCC(c1ccccc1)N1CCN(S(C)(=O)=O)CC1. The minimum Gasteiger partial charge on any atom is -0.318 e. The second-order valence-corrected chi connectivity index (χ2v) is 7.16. The third-order valence-corrected chi connectivity index (χ3v) is 5.07. The molecular weight excluding hydrogens is 274 g/mol. The Morgan fingerprint density at radius 3 is 2.25 bits per heavy atom. The zero-order valence-corrected chi connectivity index (χ0v) is 12.9. The zero-order chi connectivity index (χ0) is 14.6. The molecule has 0 spiro atoms. The minimum absolute atomic E-state index is 0.294. The van der Waals surface area contributed by atoms with E-state index in [1.165, 1.54) is 11.8 Å². The molecule has 0 aromatic heterocycles. The summed E-state index contributed by atoms with van der Waals surface area (Å²) in [5, 5.41) is 3.23. The number of likely N-dealkylation sites (N-methyl/N-ethyl adjacent to an activating group) is 1. The fourth-order valence-corrected chi connectivity index (χ4v) is 3.50. The van der Waals surface area contributed by atoms with Gasteiger partial charge in [0, 0.05) is 38.8 Å². The van der Waals surface area contributed by atoms with Crippen LogP contribution in [0.25, 0.3) is 0 Å². The number of sulfonamides is 1. The maximum absolute atomic E-state index is 11.6. The molecule has 1 unspecified atom stereocenters. The summed E-state index contributed by atoms with van der Waals surface area (Å²) in [6, 6.07) is 10.7. The van der Waals surface area contributed by atoms with Gasteiger partial charge in [0.1, 0.15) is 0 Å². The molecule has 1 atom stereocenters. The van der Waals surface area contributed by atoms with Crippen molar-refractivity contribution in [2.75, 3.05) is 46.0 Å². The molecule has 1 aromatic carbocycles. The first-order chi connectivity index (χ1) is 9.52. The first-order valence-corrected chi connectivity index (χ1v) is 8.76. The molecule has 112 valence electrons. The smallest absolute Gasteiger partial charge is 0.211 e. The van der Waals surface area contributed by atoms with Crippen LogP contribution in [-0.2, 0) is 10.0 Å². The average Bonchev–Trinajstić information content (AvgIpc) is 2.45. The third kappa shape index (κ3) is 3.79. The van der Waals surface area contributed by atoms with Gasteiger partial charge in [-0.25, -0.2) is 8.42 Å². The van der Waals surface area contributed by atoms with Gasteiger partial charge in [0.2, 0.25) is 10.0 Å². The molecular formula is C14H23N3O2S. The summed E-state index contributed by atoms with van der Waals surface area (Å²) in [7, 11) is -1.11. The van der Waals surface area contributed by atoms with Gasteiger partial charge in [-0.05, 0) is 12.6 Å². The average molecular weight is 297 g/mol. The van der Waals surface area contributed by atoms with Gasteiger partial charge in [0.05, 0.1) is 6.26 Å². The molecule has 1 N–H and O–H groups in total. The fourth-order valence-electron chi connectivity index (χ4n) is 2.67. The van der Waals surface area contributed by atoms with E-state index in [-0.39, 0.29) is 0 Å². The Bertz CT molecular complexity index is 510. The van der Waals surface area contributed by atoms with E-state index in [9.17, 15) is 8.42 Å². The molecule has 1 aliphatic rings. The molecule has 0 bridgehead atoms. The van der Waals surface area contributed by atoms with E-state index in [1.807, 2.05) is 25.2 Å². The van der Waals surface area contributed by atoms with E-state index in [2.05, 4.69) is 22.3 Å². The predicted molar refractivity (Wildman–Crippen MR) is 81.1 cm³/mol. The van der Waals surface area contributed by atoms with E-state index in [0.29, 0.717) is 19.1 Å².